The van der Waals surface area contributed by atoms with E-state index in [0.29, 0.717) is 0 Å². The highest BCUT2D eigenvalue weighted by Crippen LogP contribution is 2.30. The molecule has 1 heterocycles. The molecule has 0 aromatic heterocycles. The number of nitrogens with one attached hydrogen (secondary N) is 1. The van der Waals surface area contributed by atoms with Crippen molar-refractivity contribution < 1.29 is 0 Å². The van der Waals surface area contributed by atoms with Crippen molar-refractivity contribution in [3.05, 3.63) is 0 Å². The van der Waals surface area contributed by atoms with Crippen LogP contribution in [0.1, 0.15) is 39.5 Å². The van der Waals surface area contributed by atoms with Gasteiger partial charge >= 0.3 is 0 Å². The second-order valence-corrected chi connectivity index (χ2v) is 6.50. The first-order valence-electron chi connectivity index (χ1n) is 7.31. The van der Waals surface area contributed by atoms with E-state index in [1.807, 2.05) is 0 Å². The van der Waals surface area contributed by atoms with Gasteiger partial charge in [-0.1, -0.05) is 13.8 Å². The van der Waals surface area contributed by atoms with E-state index in [4.69, 9.17) is 5.73 Å². The summed E-state index contributed by atoms with van der Waals surface area (Å²) < 4.78 is 0. The Labute approximate surface area is 106 Å². The second kappa shape index (κ2) is 5.68. The van der Waals surface area contributed by atoms with Crippen LogP contribution in [-0.2, 0) is 0 Å². The van der Waals surface area contributed by atoms with E-state index >= 15 is 0 Å². The lowest BCUT2D eigenvalue weighted by Gasteiger charge is -2.42. The summed E-state index contributed by atoms with van der Waals surface area (Å²) in [5, 5.41) is 3.77. The number of likely N-dealkylation sites (tertiary alicyclic amines) is 1. The van der Waals surface area contributed by atoms with Gasteiger partial charge in [-0.05, 0) is 57.2 Å². The summed E-state index contributed by atoms with van der Waals surface area (Å²) in [6, 6.07) is 0. The van der Waals surface area contributed by atoms with Crippen molar-refractivity contribution in [2.75, 3.05) is 32.7 Å². The zero-order valence-electron chi connectivity index (χ0n) is 11.5. The molecular weight excluding hydrogens is 210 g/mol. The van der Waals surface area contributed by atoms with Crippen LogP contribution < -0.4 is 11.1 Å². The number of hydrogen-bond acceptors (Lipinski definition) is 3. The van der Waals surface area contributed by atoms with Gasteiger partial charge in [0.2, 0.25) is 0 Å². The summed E-state index contributed by atoms with van der Waals surface area (Å²) in [5.74, 6) is 1.73. The summed E-state index contributed by atoms with van der Waals surface area (Å²) in [5.41, 5.74) is 6.26. The van der Waals surface area contributed by atoms with E-state index in [0.717, 1.165) is 18.4 Å². The van der Waals surface area contributed by atoms with Gasteiger partial charge in [-0.25, -0.2) is 0 Å². The summed E-state index contributed by atoms with van der Waals surface area (Å²) in [7, 11) is 0. The molecule has 3 heteroatoms. The Balaban J connectivity index is 1.76. The number of nitrogens with zero attached hydrogens (tertiary/aromatic N) is 1. The summed E-state index contributed by atoms with van der Waals surface area (Å²) >= 11 is 0. The lowest BCUT2D eigenvalue weighted by Crippen LogP contribution is -2.58. The van der Waals surface area contributed by atoms with Gasteiger partial charge in [0, 0.05) is 18.6 Å². The lowest BCUT2D eigenvalue weighted by atomic mass is 9.87. The zero-order chi connectivity index (χ0) is 12.3. The largest absolute Gasteiger partial charge is 0.329 e. The van der Waals surface area contributed by atoms with E-state index in [-0.39, 0.29) is 5.54 Å². The van der Waals surface area contributed by atoms with Crippen molar-refractivity contribution in [2.24, 2.45) is 17.6 Å². The predicted octanol–water partition coefficient (Wildman–Crippen LogP) is 1.44. The van der Waals surface area contributed by atoms with E-state index in [1.54, 1.807) is 0 Å². The Morgan fingerprint density at radius 1 is 1.29 bits per heavy atom. The molecule has 1 aliphatic heterocycles. The molecule has 1 saturated heterocycles. The normalized spacial score (nSPS) is 25.4. The fourth-order valence-corrected chi connectivity index (χ4v) is 2.82. The third-order valence-corrected chi connectivity index (χ3v) is 4.29. The number of hydrogen-bond donors (Lipinski definition) is 2. The molecule has 0 unspecified atom stereocenters. The van der Waals surface area contributed by atoms with Crippen LogP contribution in [0.25, 0.3) is 0 Å². The first-order valence-corrected chi connectivity index (χ1v) is 7.31. The van der Waals surface area contributed by atoms with Gasteiger partial charge in [0.15, 0.2) is 0 Å². The minimum atomic E-state index is 0.246. The highest BCUT2D eigenvalue weighted by atomic mass is 15.2. The highest BCUT2D eigenvalue weighted by Gasteiger charge is 2.34. The van der Waals surface area contributed by atoms with Gasteiger partial charge in [-0.15, -0.1) is 0 Å². The van der Waals surface area contributed by atoms with Crippen molar-refractivity contribution in [3.63, 3.8) is 0 Å². The number of piperidine rings is 1. The van der Waals surface area contributed by atoms with Gasteiger partial charge in [0.05, 0.1) is 0 Å². The predicted molar refractivity (Wildman–Crippen MR) is 73.0 cm³/mol. The van der Waals surface area contributed by atoms with Crippen molar-refractivity contribution in [1.82, 2.24) is 10.2 Å². The Hall–Kier alpha value is -0.120. The van der Waals surface area contributed by atoms with Crippen molar-refractivity contribution in [3.8, 4) is 0 Å². The van der Waals surface area contributed by atoms with Crippen LogP contribution in [0, 0.1) is 11.8 Å². The fourth-order valence-electron chi connectivity index (χ4n) is 2.82. The molecule has 0 aromatic carbocycles. The molecule has 1 saturated carbocycles. The van der Waals surface area contributed by atoms with Crippen LogP contribution in [-0.4, -0.2) is 43.2 Å². The Kier molecular flexibility index (Phi) is 4.45. The maximum absolute atomic E-state index is 6.01. The number of rotatable bonds is 6. The van der Waals surface area contributed by atoms with Crippen molar-refractivity contribution in [2.45, 2.75) is 45.1 Å². The monoisotopic (exact) mass is 239 g/mol. The first-order chi connectivity index (χ1) is 8.13. The SMILES string of the molecule is CC(C)CN1CCC(CN)(NCC2CC2)CC1. The molecular formula is C14H29N3. The smallest absolute Gasteiger partial charge is 0.0328 e. The molecule has 3 N–H and O–H groups in total. The number of nitrogens with two attached hydrogens (primary N) is 1. The van der Waals surface area contributed by atoms with E-state index in [2.05, 4.69) is 24.1 Å². The fraction of sp³-hybridized carbons (Fsp3) is 1.00. The average molecular weight is 239 g/mol. The van der Waals surface area contributed by atoms with Crippen LogP contribution in [0.2, 0.25) is 0 Å². The molecule has 0 atom stereocenters. The minimum Gasteiger partial charge on any atom is -0.329 e. The van der Waals surface area contributed by atoms with Crippen molar-refractivity contribution >= 4 is 0 Å². The Morgan fingerprint density at radius 3 is 2.41 bits per heavy atom. The Morgan fingerprint density at radius 2 is 1.94 bits per heavy atom. The van der Waals surface area contributed by atoms with Crippen LogP contribution in [0.15, 0.2) is 0 Å². The van der Waals surface area contributed by atoms with Crippen molar-refractivity contribution in [1.29, 1.82) is 0 Å². The van der Waals surface area contributed by atoms with E-state index in [1.165, 1.54) is 51.9 Å². The molecule has 0 radical (unpaired) electrons. The average Bonchev–Trinajstić information content (AvgIpc) is 3.12. The topological polar surface area (TPSA) is 41.3 Å². The molecule has 2 aliphatic rings. The van der Waals surface area contributed by atoms with Gasteiger partial charge in [0.25, 0.3) is 0 Å². The Bertz CT molecular complexity index is 228. The van der Waals surface area contributed by atoms with Crippen LogP contribution in [0.3, 0.4) is 0 Å². The molecule has 0 bridgehead atoms. The third-order valence-electron chi connectivity index (χ3n) is 4.29. The molecule has 0 spiro atoms. The maximum Gasteiger partial charge on any atom is 0.0328 e. The highest BCUT2D eigenvalue weighted by molar-refractivity contribution is 4.95. The van der Waals surface area contributed by atoms with Crippen LogP contribution in [0.5, 0.6) is 0 Å². The lowest BCUT2D eigenvalue weighted by molar-refractivity contribution is 0.127. The molecule has 0 amide bonds. The van der Waals surface area contributed by atoms with E-state index in [9.17, 15) is 0 Å². The third kappa shape index (κ3) is 3.94. The van der Waals surface area contributed by atoms with Gasteiger partial charge < -0.3 is 16.0 Å². The molecule has 2 fully saturated rings. The molecule has 3 nitrogen and oxygen atoms in total. The van der Waals surface area contributed by atoms with Gasteiger partial charge in [-0.3, -0.25) is 0 Å². The molecule has 1 aliphatic carbocycles. The first kappa shape index (κ1) is 13.3. The molecule has 2 rings (SSSR count). The van der Waals surface area contributed by atoms with E-state index < -0.39 is 0 Å². The molecule has 17 heavy (non-hydrogen) atoms. The summed E-state index contributed by atoms with van der Waals surface area (Å²) in [4.78, 5) is 2.59. The molecule has 100 valence electrons. The quantitative estimate of drug-likeness (QED) is 0.737. The second-order valence-electron chi connectivity index (χ2n) is 6.50. The standard InChI is InChI=1S/C14H29N3/c1-12(2)10-17-7-5-14(11-15,6-8-17)16-9-13-3-4-13/h12-13,16H,3-11,15H2,1-2H3. The summed E-state index contributed by atoms with van der Waals surface area (Å²) in [6.07, 6.45) is 5.30. The maximum atomic E-state index is 6.01. The van der Waals surface area contributed by atoms with Crippen LogP contribution >= 0.6 is 0 Å². The minimum absolute atomic E-state index is 0.246. The van der Waals surface area contributed by atoms with Crippen LogP contribution in [0.4, 0.5) is 0 Å². The van der Waals surface area contributed by atoms with Gasteiger partial charge in [0.1, 0.15) is 0 Å². The van der Waals surface area contributed by atoms with Gasteiger partial charge in [-0.2, -0.15) is 0 Å². The molecule has 0 aromatic rings. The summed E-state index contributed by atoms with van der Waals surface area (Å²) in [6.45, 7) is 10.3. The zero-order valence-corrected chi connectivity index (χ0v) is 11.5.